The van der Waals surface area contributed by atoms with Gasteiger partial charge >= 0.3 is 0 Å². The topological polar surface area (TPSA) is 79.8 Å². The van der Waals surface area contributed by atoms with Crippen LogP contribution in [0.1, 0.15) is 21.2 Å². The van der Waals surface area contributed by atoms with Crippen molar-refractivity contribution < 1.29 is 4.79 Å². The maximum Gasteiger partial charge on any atom is 0.279 e. The van der Waals surface area contributed by atoms with E-state index in [1.165, 1.54) is 22.7 Å². The summed E-state index contributed by atoms with van der Waals surface area (Å²) in [6.07, 6.45) is 1.69. The smallest absolute Gasteiger partial charge is 0.279 e. The van der Waals surface area contributed by atoms with Crippen molar-refractivity contribution in [2.75, 3.05) is 10.6 Å². The van der Waals surface area contributed by atoms with Crippen molar-refractivity contribution in [3.8, 4) is 0 Å². The van der Waals surface area contributed by atoms with E-state index in [0.717, 1.165) is 10.7 Å². The van der Waals surface area contributed by atoms with Crippen molar-refractivity contribution in [3.05, 3.63) is 46.2 Å². The molecule has 3 aromatic rings. The maximum atomic E-state index is 12.4. The fourth-order valence-electron chi connectivity index (χ4n) is 1.79. The fourth-order valence-corrected chi connectivity index (χ4v) is 3.29. The van der Waals surface area contributed by atoms with Gasteiger partial charge in [-0.2, -0.15) is 0 Å². The molecule has 0 spiro atoms. The zero-order chi connectivity index (χ0) is 15.5. The lowest BCUT2D eigenvalue weighted by Crippen LogP contribution is -2.14. The predicted molar refractivity (Wildman–Crippen MR) is 89.2 cm³/mol. The number of thiazole rings is 2. The first-order valence-electron chi connectivity index (χ1n) is 6.51. The number of carbonyl (C=O) groups excluding carboxylic acids is 1. The van der Waals surface area contributed by atoms with Crippen LogP contribution < -0.4 is 10.6 Å². The largest absolute Gasteiger partial charge is 0.330 e. The Morgan fingerprint density at radius 2 is 2.09 bits per heavy atom. The summed E-state index contributed by atoms with van der Waals surface area (Å²) < 4.78 is 0. The second-order valence-electron chi connectivity index (χ2n) is 4.50. The first-order valence-corrected chi connectivity index (χ1v) is 8.20. The van der Waals surface area contributed by atoms with E-state index in [0.29, 0.717) is 21.6 Å². The lowest BCUT2D eigenvalue weighted by atomic mass is 10.4. The van der Waals surface area contributed by atoms with Crippen molar-refractivity contribution in [2.45, 2.75) is 13.8 Å². The van der Waals surface area contributed by atoms with Gasteiger partial charge in [-0.15, -0.1) is 22.7 Å². The Kier molecular flexibility index (Phi) is 4.12. The fraction of sp³-hybridized carbons (Fsp3) is 0.143. The van der Waals surface area contributed by atoms with Gasteiger partial charge in [0.25, 0.3) is 5.91 Å². The molecule has 0 aliphatic carbocycles. The minimum Gasteiger partial charge on any atom is -0.330 e. The van der Waals surface area contributed by atoms with E-state index in [1.54, 1.807) is 6.20 Å². The Balaban J connectivity index is 1.82. The third-order valence-corrected chi connectivity index (χ3v) is 4.46. The quantitative estimate of drug-likeness (QED) is 0.763. The molecule has 22 heavy (non-hydrogen) atoms. The average Bonchev–Trinajstić information content (AvgIpc) is 3.06. The first-order chi connectivity index (χ1) is 10.6. The molecule has 0 atom stereocenters. The molecule has 0 saturated carbocycles. The maximum absolute atomic E-state index is 12.4. The van der Waals surface area contributed by atoms with Crippen molar-refractivity contribution >= 4 is 44.5 Å². The van der Waals surface area contributed by atoms with Gasteiger partial charge in [-0.3, -0.25) is 10.1 Å². The second-order valence-corrected chi connectivity index (χ2v) is 6.56. The van der Waals surface area contributed by atoms with Crippen molar-refractivity contribution in [1.29, 1.82) is 0 Å². The molecule has 3 aromatic heterocycles. The van der Waals surface area contributed by atoms with Gasteiger partial charge in [-0.25, -0.2) is 15.0 Å². The number of carbonyl (C=O) groups is 1. The molecule has 3 rings (SSSR count). The summed E-state index contributed by atoms with van der Waals surface area (Å²) in [7, 11) is 0. The van der Waals surface area contributed by atoms with Gasteiger partial charge in [-0.05, 0) is 26.0 Å². The van der Waals surface area contributed by atoms with E-state index in [1.807, 2.05) is 37.4 Å². The molecule has 0 fully saturated rings. The molecule has 0 aliphatic heterocycles. The summed E-state index contributed by atoms with van der Waals surface area (Å²) in [4.78, 5) is 25.1. The third kappa shape index (κ3) is 3.29. The van der Waals surface area contributed by atoms with Crippen LogP contribution >= 0.6 is 22.7 Å². The Morgan fingerprint density at radius 1 is 1.23 bits per heavy atom. The molecule has 2 N–H and O–H groups in total. The van der Waals surface area contributed by atoms with Gasteiger partial charge in [0.15, 0.2) is 10.8 Å². The molecule has 0 saturated heterocycles. The molecule has 0 aromatic carbocycles. The summed E-state index contributed by atoms with van der Waals surface area (Å²) >= 11 is 2.80. The summed E-state index contributed by atoms with van der Waals surface area (Å²) in [6, 6.07) is 5.55. The summed E-state index contributed by atoms with van der Waals surface area (Å²) in [5.41, 5.74) is 1.22. The average molecular weight is 331 g/mol. The highest BCUT2D eigenvalue weighted by Crippen LogP contribution is 2.28. The van der Waals surface area contributed by atoms with E-state index in [2.05, 4.69) is 25.6 Å². The van der Waals surface area contributed by atoms with Crippen LogP contribution in [0.2, 0.25) is 0 Å². The van der Waals surface area contributed by atoms with Crippen molar-refractivity contribution in [3.63, 3.8) is 0 Å². The van der Waals surface area contributed by atoms with Crippen LogP contribution in [-0.4, -0.2) is 20.9 Å². The molecule has 1 amide bonds. The van der Waals surface area contributed by atoms with Crippen LogP contribution in [0.15, 0.2) is 29.8 Å². The van der Waals surface area contributed by atoms with E-state index in [-0.39, 0.29) is 5.91 Å². The monoisotopic (exact) mass is 331 g/mol. The number of anilines is 3. The van der Waals surface area contributed by atoms with E-state index in [4.69, 9.17) is 0 Å². The minimum absolute atomic E-state index is 0.280. The number of hydrogen-bond acceptors (Lipinski definition) is 7. The Labute approximate surface area is 135 Å². The zero-order valence-corrected chi connectivity index (χ0v) is 13.6. The molecule has 112 valence electrons. The Hall–Kier alpha value is -2.32. The Bertz CT molecular complexity index is 797. The van der Waals surface area contributed by atoms with Crippen molar-refractivity contribution in [1.82, 2.24) is 15.0 Å². The number of rotatable bonds is 4. The summed E-state index contributed by atoms with van der Waals surface area (Å²) in [5.74, 6) is 0.391. The highest BCUT2D eigenvalue weighted by molar-refractivity contribution is 7.16. The standard InChI is InChI=1S/C14H13N5OS2/c1-8-7-21-14(16-8)19-12(20)11-13(22-9(2)17-11)18-10-5-3-4-6-15-10/h3-7H,1-2H3,(H,15,18)(H,16,19,20). The number of aromatic nitrogens is 3. The molecular formula is C14H13N5OS2. The molecule has 3 heterocycles. The molecular weight excluding hydrogens is 318 g/mol. The number of nitrogens with zero attached hydrogens (tertiary/aromatic N) is 3. The van der Waals surface area contributed by atoms with E-state index in [9.17, 15) is 4.79 Å². The number of pyridine rings is 1. The third-order valence-electron chi connectivity index (χ3n) is 2.70. The summed E-state index contributed by atoms with van der Waals surface area (Å²) in [6.45, 7) is 3.74. The van der Waals surface area contributed by atoms with E-state index < -0.39 is 0 Å². The van der Waals surface area contributed by atoms with Gasteiger partial charge in [0.1, 0.15) is 10.8 Å². The van der Waals surface area contributed by atoms with E-state index >= 15 is 0 Å². The number of aryl methyl sites for hydroxylation is 2. The highest BCUT2D eigenvalue weighted by Gasteiger charge is 2.18. The van der Waals surface area contributed by atoms with Gasteiger partial charge in [0.2, 0.25) is 0 Å². The van der Waals surface area contributed by atoms with Crippen LogP contribution in [0.4, 0.5) is 16.0 Å². The van der Waals surface area contributed by atoms with Crippen LogP contribution in [0.25, 0.3) is 0 Å². The zero-order valence-electron chi connectivity index (χ0n) is 12.0. The molecule has 0 radical (unpaired) electrons. The van der Waals surface area contributed by atoms with Crippen LogP contribution in [0, 0.1) is 13.8 Å². The first kappa shape index (κ1) is 14.6. The normalized spacial score (nSPS) is 10.5. The number of amides is 1. The van der Waals surface area contributed by atoms with Crippen LogP contribution in [0.3, 0.4) is 0 Å². The minimum atomic E-state index is -0.280. The highest BCUT2D eigenvalue weighted by atomic mass is 32.1. The van der Waals surface area contributed by atoms with Gasteiger partial charge in [0.05, 0.1) is 10.7 Å². The number of nitrogens with one attached hydrogen (secondary N) is 2. The lowest BCUT2D eigenvalue weighted by molar-refractivity contribution is 0.102. The predicted octanol–water partition coefficient (Wildman–Crippen LogP) is 3.61. The SMILES string of the molecule is Cc1csc(NC(=O)c2nc(C)sc2Nc2ccccn2)n1. The number of hydrogen-bond donors (Lipinski definition) is 2. The van der Waals surface area contributed by atoms with Gasteiger partial charge in [0, 0.05) is 11.6 Å². The van der Waals surface area contributed by atoms with Crippen molar-refractivity contribution in [2.24, 2.45) is 0 Å². The van der Waals surface area contributed by atoms with Gasteiger partial charge < -0.3 is 5.32 Å². The van der Waals surface area contributed by atoms with Crippen LogP contribution in [-0.2, 0) is 0 Å². The summed E-state index contributed by atoms with van der Waals surface area (Å²) in [5, 5.41) is 9.83. The Morgan fingerprint density at radius 3 is 2.77 bits per heavy atom. The van der Waals surface area contributed by atoms with Crippen LogP contribution in [0.5, 0.6) is 0 Å². The lowest BCUT2D eigenvalue weighted by Gasteiger charge is -2.04. The molecule has 8 heteroatoms. The van der Waals surface area contributed by atoms with Gasteiger partial charge in [-0.1, -0.05) is 6.07 Å². The molecule has 0 aliphatic rings. The second kappa shape index (κ2) is 6.20. The molecule has 0 unspecified atom stereocenters. The molecule has 6 nitrogen and oxygen atoms in total. The molecule has 0 bridgehead atoms.